The number of hydrogen-bond donors (Lipinski definition) is 4. The van der Waals surface area contributed by atoms with Crippen LogP contribution in [0, 0.1) is 62.6 Å². The van der Waals surface area contributed by atoms with Crippen LogP contribution in [0.5, 0.6) is 0 Å². The SMILES string of the molecule is CC(CC[C@@H](O)[C@@H](O)[C@@H](O)CO)[C@H]1CC[C@@]2(C)C1CC[C@]1(C)C2CCC2[C@@]3(C)CCCC(C)(C)C3CC[C@]21C. The molecule has 0 aromatic heterocycles. The van der Waals surface area contributed by atoms with E-state index in [-0.39, 0.29) is 0 Å². The third-order valence-electron chi connectivity index (χ3n) is 15.4. The molecule has 5 aliphatic rings. The minimum absolute atomic E-state index is 0.411. The van der Waals surface area contributed by atoms with E-state index in [0.29, 0.717) is 45.3 Å². The minimum Gasteiger partial charge on any atom is -0.394 e. The number of hydrogen-bond acceptors (Lipinski definition) is 4. The van der Waals surface area contributed by atoms with Gasteiger partial charge in [-0.1, -0.05) is 54.9 Å². The molecule has 0 heterocycles. The van der Waals surface area contributed by atoms with Crippen LogP contribution in [-0.4, -0.2) is 45.3 Å². The molecular formula is C35H62O4. The smallest absolute Gasteiger partial charge is 0.108 e. The van der Waals surface area contributed by atoms with E-state index in [9.17, 15) is 15.3 Å². The molecule has 5 unspecified atom stereocenters. The Hall–Kier alpha value is -0.160. The van der Waals surface area contributed by atoms with Crippen molar-refractivity contribution >= 4 is 0 Å². The summed E-state index contributed by atoms with van der Waals surface area (Å²) >= 11 is 0. The molecule has 0 aromatic rings. The third-order valence-corrected chi connectivity index (χ3v) is 15.4. The van der Waals surface area contributed by atoms with E-state index >= 15 is 0 Å². The molecule has 5 rings (SSSR count). The Kier molecular flexibility index (Phi) is 7.95. The first-order valence-corrected chi connectivity index (χ1v) is 16.8. The predicted molar refractivity (Wildman–Crippen MR) is 158 cm³/mol. The van der Waals surface area contributed by atoms with Gasteiger partial charge in [-0.05, 0) is 140 Å². The first-order chi connectivity index (χ1) is 18.2. The van der Waals surface area contributed by atoms with Crippen LogP contribution < -0.4 is 0 Å². The van der Waals surface area contributed by atoms with Gasteiger partial charge in [-0.15, -0.1) is 0 Å². The summed E-state index contributed by atoms with van der Waals surface area (Å²) in [5, 5.41) is 39.5. The average Bonchev–Trinajstić information content (AvgIpc) is 3.23. The van der Waals surface area contributed by atoms with Crippen molar-refractivity contribution in [1.82, 2.24) is 0 Å². The number of aliphatic hydroxyl groups is 4. The summed E-state index contributed by atoms with van der Waals surface area (Å²) in [6, 6.07) is 0. The molecule has 0 bridgehead atoms. The standard InChI is InChI=1S/C35H62O4/c1-22(9-10-25(37)30(39)26(38)21-36)23-13-18-32(4)24(23)14-19-34(6)28(32)11-12-29-33(5)17-8-16-31(2,3)27(33)15-20-35(29,34)7/h22-30,36-39H,8-21H2,1-7H3/t22?,23-,24?,25-,26+,27?,28?,29?,30-,32+,33+,34-,35-/m1/s1. The van der Waals surface area contributed by atoms with Crippen molar-refractivity contribution in [2.45, 2.75) is 150 Å². The Morgan fingerprint density at radius 2 is 1.26 bits per heavy atom. The maximum atomic E-state index is 10.4. The van der Waals surface area contributed by atoms with Gasteiger partial charge in [0.2, 0.25) is 0 Å². The summed E-state index contributed by atoms with van der Waals surface area (Å²) in [6.45, 7) is 17.9. The van der Waals surface area contributed by atoms with E-state index in [2.05, 4.69) is 48.5 Å². The Balaban J connectivity index is 1.33. The van der Waals surface area contributed by atoms with Crippen LogP contribution in [0.1, 0.15) is 132 Å². The molecular weight excluding hydrogens is 484 g/mol. The number of fused-ring (bicyclic) bond motifs is 7. The van der Waals surface area contributed by atoms with Crippen LogP contribution in [-0.2, 0) is 0 Å². The first-order valence-electron chi connectivity index (χ1n) is 16.8. The molecule has 0 spiro atoms. The van der Waals surface area contributed by atoms with Gasteiger partial charge in [0.25, 0.3) is 0 Å². The molecule has 0 saturated heterocycles. The highest BCUT2D eigenvalue weighted by Crippen LogP contribution is 2.78. The first kappa shape index (κ1) is 30.3. The fraction of sp³-hybridized carbons (Fsp3) is 1.00. The second-order valence-electron chi connectivity index (χ2n) is 17.2. The fourth-order valence-electron chi connectivity index (χ4n) is 13.2. The molecule has 5 saturated carbocycles. The number of rotatable bonds is 7. The van der Waals surface area contributed by atoms with Gasteiger partial charge in [-0.25, -0.2) is 0 Å². The topological polar surface area (TPSA) is 80.9 Å². The van der Waals surface area contributed by atoms with Crippen molar-refractivity contribution in [2.24, 2.45) is 62.6 Å². The lowest BCUT2D eigenvalue weighted by Crippen LogP contribution is -2.65. The maximum Gasteiger partial charge on any atom is 0.108 e. The lowest BCUT2D eigenvalue weighted by atomic mass is 9.32. The van der Waals surface area contributed by atoms with Crippen LogP contribution >= 0.6 is 0 Å². The molecule has 5 aliphatic carbocycles. The molecule has 13 atom stereocenters. The molecule has 39 heavy (non-hydrogen) atoms. The van der Waals surface area contributed by atoms with E-state index in [4.69, 9.17) is 5.11 Å². The summed E-state index contributed by atoms with van der Waals surface area (Å²) in [5.41, 5.74) is 2.27. The van der Waals surface area contributed by atoms with Crippen molar-refractivity contribution in [3.63, 3.8) is 0 Å². The second kappa shape index (κ2) is 10.2. The molecule has 0 aromatic carbocycles. The van der Waals surface area contributed by atoms with E-state index in [1.165, 1.54) is 70.6 Å². The average molecular weight is 547 g/mol. The Morgan fingerprint density at radius 3 is 1.90 bits per heavy atom. The van der Waals surface area contributed by atoms with Crippen molar-refractivity contribution in [3.8, 4) is 0 Å². The van der Waals surface area contributed by atoms with Gasteiger partial charge in [0.15, 0.2) is 0 Å². The summed E-state index contributed by atoms with van der Waals surface area (Å²) in [5.74, 6) is 4.50. The van der Waals surface area contributed by atoms with Crippen molar-refractivity contribution < 1.29 is 20.4 Å². The minimum atomic E-state index is -1.27. The van der Waals surface area contributed by atoms with E-state index in [1.807, 2.05) is 0 Å². The van der Waals surface area contributed by atoms with Crippen molar-refractivity contribution in [2.75, 3.05) is 6.61 Å². The molecule has 4 nitrogen and oxygen atoms in total. The summed E-state index contributed by atoms with van der Waals surface area (Å²) in [7, 11) is 0. The maximum absolute atomic E-state index is 10.4. The van der Waals surface area contributed by atoms with Crippen LogP contribution in [0.15, 0.2) is 0 Å². The van der Waals surface area contributed by atoms with Crippen LogP contribution in [0.4, 0.5) is 0 Å². The second-order valence-corrected chi connectivity index (χ2v) is 17.2. The van der Waals surface area contributed by atoms with E-state index in [0.717, 1.165) is 30.1 Å². The zero-order valence-electron chi connectivity index (χ0n) is 26.4. The lowest BCUT2D eigenvalue weighted by Gasteiger charge is -2.73. The molecule has 4 N–H and O–H groups in total. The molecule has 0 aliphatic heterocycles. The van der Waals surface area contributed by atoms with Gasteiger partial charge in [0.1, 0.15) is 12.2 Å². The number of aliphatic hydroxyl groups excluding tert-OH is 4. The fourth-order valence-corrected chi connectivity index (χ4v) is 13.2. The zero-order valence-corrected chi connectivity index (χ0v) is 26.4. The highest BCUT2D eigenvalue weighted by atomic mass is 16.4. The van der Waals surface area contributed by atoms with Gasteiger partial charge < -0.3 is 20.4 Å². The van der Waals surface area contributed by atoms with E-state index < -0.39 is 24.9 Å². The lowest BCUT2D eigenvalue weighted by molar-refractivity contribution is -0.241. The Morgan fingerprint density at radius 1 is 0.641 bits per heavy atom. The molecule has 226 valence electrons. The molecule has 5 fully saturated rings. The zero-order chi connectivity index (χ0) is 28.6. The highest BCUT2D eigenvalue weighted by Gasteiger charge is 2.70. The summed E-state index contributed by atoms with van der Waals surface area (Å²) in [4.78, 5) is 0. The van der Waals surface area contributed by atoms with Crippen LogP contribution in [0.3, 0.4) is 0 Å². The highest BCUT2D eigenvalue weighted by molar-refractivity contribution is 5.19. The molecule has 0 amide bonds. The van der Waals surface area contributed by atoms with Gasteiger partial charge >= 0.3 is 0 Å². The van der Waals surface area contributed by atoms with Crippen molar-refractivity contribution in [3.05, 3.63) is 0 Å². The van der Waals surface area contributed by atoms with Crippen molar-refractivity contribution in [1.29, 1.82) is 0 Å². The van der Waals surface area contributed by atoms with Gasteiger partial charge in [-0.2, -0.15) is 0 Å². The predicted octanol–water partition coefficient (Wildman–Crippen LogP) is 6.97. The molecule has 0 radical (unpaired) electrons. The monoisotopic (exact) mass is 546 g/mol. The third kappa shape index (κ3) is 4.42. The van der Waals surface area contributed by atoms with Crippen LogP contribution in [0.25, 0.3) is 0 Å². The largest absolute Gasteiger partial charge is 0.394 e. The summed E-state index contributed by atoms with van der Waals surface area (Å²) < 4.78 is 0. The Labute approximate surface area is 239 Å². The van der Waals surface area contributed by atoms with Gasteiger partial charge in [0, 0.05) is 0 Å². The van der Waals surface area contributed by atoms with Gasteiger partial charge in [-0.3, -0.25) is 0 Å². The summed E-state index contributed by atoms with van der Waals surface area (Å²) in [6.07, 6.45) is 13.2. The van der Waals surface area contributed by atoms with Crippen LogP contribution in [0.2, 0.25) is 0 Å². The van der Waals surface area contributed by atoms with Gasteiger partial charge in [0.05, 0.1) is 12.7 Å². The normalized spacial score (nSPS) is 50.1. The molecule has 4 heteroatoms. The quantitative estimate of drug-likeness (QED) is 0.278. The Bertz CT molecular complexity index is 888. The van der Waals surface area contributed by atoms with E-state index in [1.54, 1.807) is 0 Å².